The molecule has 2 N–H and O–H groups in total. The van der Waals surface area contributed by atoms with Crippen LogP contribution in [0.15, 0.2) is 45.7 Å². The third-order valence-corrected chi connectivity index (χ3v) is 6.24. The molecule has 1 atom stereocenters. The molecule has 2 aromatic carbocycles. The van der Waals surface area contributed by atoms with Gasteiger partial charge >= 0.3 is 12.1 Å². The van der Waals surface area contributed by atoms with Crippen LogP contribution in [0.2, 0.25) is 0 Å². The van der Waals surface area contributed by atoms with E-state index in [1.54, 1.807) is 58.9 Å². The fourth-order valence-electron chi connectivity index (χ4n) is 3.23. The van der Waals surface area contributed by atoms with Crippen LogP contribution in [0.4, 0.5) is 10.5 Å². The molecule has 0 aliphatic carbocycles. The quantitative estimate of drug-likeness (QED) is 0.505. The van der Waals surface area contributed by atoms with Crippen molar-refractivity contribution in [1.29, 1.82) is 0 Å². The summed E-state index contributed by atoms with van der Waals surface area (Å²) in [4.78, 5) is 24.0. The van der Waals surface area contributed by atoms with Gasteiger partial charge in [0.1, 0.15) is 22.8 Å². The predicted octanol–water partition coefficient (Wildman–Crippen LogP) is 4.41. The maximum Gasteiger partial charge on any atom is 0.411 e. The number of carbonyl (C=O) groups is 2. The molecule has 0 saturated heterocycles. The van der Waals surface area contributed by atoms with Gasteiger partial charge < -0.3 is 13.9 Å². The number of furan rings is 1. The molecule has 0 radical (unpaired) electrons. The highest BCUT2D eigenvalue weighted by molar-refractivity contribution is 7.89. The summed E-state index contributed by atoms with van der Waals surface area (Å²) in [5.74, 6) is -0.971. The number of fused-ring (bicyclic) bond motifs is 3. The van der Waals surface area contributed by atoms with E-state index in [4.69, 9.17) is 9.15 Å². The number of hydrogen-bond donors (Lipinski definition) is 2. The summed E-state index contributed by atoms with van der Waals surface area (Å²) < 4.78 is 44.4. The molecule has 1 amide bonds. The summed E-state index contributed by atoms with van der Waals surface area (Å²) in [6.07, 6.45) is -0.616. The lowest BCUT2D eigenvalue weighted by atomic mass is 10.1. The average molecular weight is 477 g/mol. The second-order valence-electron chi connectivity index (χ2n) is 8.96. The first-order valence-electron chi connectivity index (χ1n) is 10.4. The third-order valence-electron chi connectivity index (χ3n) is 4.80. The van der Waals surface area contributed by atoms with Crippen LogP contribution < -0.4 is 10.0 Å². The summed E-state index contributed by atoms with van der Waals surface area (Å²) in [6, 6.07) is 8.51. The molecule has 0 fully saturated rings. The van der Waals surface area contributed by atoms with Gasteiger partial charge in [-0.25, -0.2) is 13.2 Å². The van der Waals surface area contributed by atoms with E-state index in [9.17, 15) is 18.0 Å². The molecule has 9 nitrogen and oxygen atoms in total. The van der Waals surface area contributed by atoms with Crippen molar-refractivity contribution in [3.05, 3.63) is 36.4 Å². The lowest BCUT2D eigenvalue weighted by molar-refractivity contribution is -0.158. The second-order valence-corrected chi connectivity index (χ2v) is 10.7. The van der Waals surface area contributed by atoms with Crippen LogP contribution in [0.3, 0.4) is 0 Å². The first kappa shape index (κ1) is 24.5. The SMILES string of the molecule is COC(=O)Nc1ccc2c(c1)oc1cc(S(=O)(=O)N[C@H](C(=O)OC(C)(C)C)C(C)C)ccc12. The van der Waals surface area contributed by atoms with E-state index >= 15 is 0 Å². The van der Waals surface area contributed by atoms with E-state index in [1.165, 1.54) is 19.2 Å². The highest BCUT2D eigenvalue weighted by atomic mass is 32.2. The lowest BCUT2D eigenvalue weighted by Crippen LogP contribution is -2.47. The van der Waals surface area contributed by atoms with E-state index in [-0.39, 0.29) is 10.8 Å². The van der Waals surface area contributed by atoms with Gasteiger partial charge in [-0.2, -0.15) is 4.72 Å². The maximum absolute atomic E-state index is 13.1. The highest BCUT2D eigenvalue weighted by Gasteiger charge is 2.32. The molecule has 0 spiro atoms. The van der Waals surface area contributed by atoms with Crippen LogP contribution in [0.25, 0.3) is 21.9 Å². The molecule has 1 heterocycles. The Morgan fingerprint density at radius 2 is 1.61 bits per heavy atom. The minimum Gasteiger partial charge on any atom is -0.459 e. The molecule has 0 saturated carbocycles. The van der Waals surface area contributed by atoms with Crippen molar-refractivity contribution in [1.82, 2.24) is 4.72 Å². The van der Waals surface area contributed by atoms with Gasteiger partial charge in [-0.05, 0) is 51.0 Å². The Kier molecular flexibility index (Phi) is 6.71. The van der Waals surface area contributed by atoms with Crippen LogP contribution in [0.1, 0.15) is 34.6 Å². The number of anilines is 1. The molecule has 0 aliphatic heterocycles. The van der Waals surface area contributed by atoms with Crippen molar-refractivity contribution >= 4 is 49.7 Å². The number of esters is 1. The molecule has 33 heavy (non-hydrogen) atoms. The van der Waals surface area contributed by atoms with Crippen molar-refractivity contribution in [3.63, 3.8) is 0 Å². The summed E-state index contributed by atoms with van der Waals surface area (Å²) in [6.45, 7) is 8.63. The number of sulfonamides is 1. The highest BCUT2D eigenvalue weighted by Crippen LogP contribution is 2.32. The summed E-state index contributed by atoms with van der Waals surface area (Å²) in [5.41, 5.74) is 0.543. The Labute approximate surface area is 192 Å². The van der Waals surface area contributed by atoms with E-state index in [0.29, 0.717) is 22.2 Å². The Morgan fingerprint density at radius 1 is 1.00 bits per heavy atom. The predicted molar refractivity (Wildman–Crippen MR) is 125 cm³/mol. The molecule has 178 valence electrons. The van der Waals surface area contributed by atoms with Gasteiger partial charge in [0.2, 0.25) is 10.0 Å². The van der Waals surface area contributed by atoms with Gasteiger partial charge in [-0.1, -0.05) is 13.8 Å². The number of nitrogens with one attached hydrogen (secondary N) is 2. The smallest absolute Gasteiger partial charge is 0.411 e. The van der Waals surface area contributed by atoms with Crippen molar-refractivity contribution < 1.29 is 31.9 Å². The van der Waals surface area contributed by atoms with Crippen LogP contribution in [0, 0.1) is 5.92 Å². The fourth-order valence-corrected chi connectivity index (χ4v) is 4.58. The fraction of sp³-hybridized carbons (Fsp3) is 0.391. The van der Waals surface area contributed by atoms with Crippen molar-refractivity contribution in [2.24, 2.45) is 5.92 Å². The molecule has 0 aliphatic rings. The van der Waals surface area contributed by atoms with Crippen molar-refractivity contribution in [2.45, 2.75) is 51.2 Å². The molecule has 10 heteroatoms. The van der Waals surface area contributed by atoms with Crippen LogP contribution >= 0.6 is 0 Å². The number of ether oxygens (including phenoxy) is 2. The lowest BCUT2D eigenvalue weighted by Gasteiger charge is -2.26. The molecular formula is C23H28N2O7S. The molecule has 0 bridgehead atoms. The van der Waals surface area contributed by atoms with Crippen LogP contribution in [-0.4, -0.2) is 39.2 Å². The standard InChI is InChI=1S/C23H28N2O7S/c1-13(2)20(21(26)32-23(3,4)5)25-33(28,29)15-8-10-17-16-9-7-14(24-22(27)30-6)11-18(16)31-19(17)12-15/h7-13,20,25H,1-6H3,(H,24,27)/t20-/m0/s1. The topological polar surface area (TPSA) is 124 Å². The summed E-state index contributed by atoms with van der Waals surface area (Å²) in [7, 11) is -2.78. The number of carbonyl (C=O) groups excluding carboxylic acids is 2. The van der Waals surface area contributed by atoms with E-state index in [1.807, 2.05) is 0 Å². The normalized spacial score (nSPS) is 13.3. The van der Waals surface area contributed by atoms with E-state index in [2.05, 4.69) is 14.8 Å². The van der Waals surface area contributed by atoms with Crippen LogP contribution in [0.5, 0.6) is 0 Å². The van der Waals surface area contributed by atoms with E-state index in [0.717, 1.165) is 5.39 Å². The largest absolute Gasteiger partial charge is 0.459 e. The zero-order valence-corrected chi connectivity index (χ0v) is 20.2. The Morgan fingerprint density at radius 3 is 2.18 bits per heavy atom. The number of methoxy groups -OCH3 is 1. The molecular weight excluding hydrogens is 448 g/mol. The Hall–Kier alpha value is -3.11. The zero-order chi connectivity index (χ0) is 24.6. The van der Waals surface area contributed by atoms with E-state index < -0.39 is 33.7 Å². The number of amides is 1. The maximum atomic E-state index is 13.1. The molecule has 1 aromatic heterocycles. The van der Waals surface area contributed by atoms with Crippen LogP contribution in [-0.2, 0) is 24.3 Å². The van der Waals surface area contributed by atoms with Gasteiger partial charge in [-0.3, -0.25) is 10.1 Å². The Bertz CT molecular complexity index is 1300. The minimum absolute atomic E-state index is 0.0452. The van der Waals surface area contributed by atoms with Crippen molar-refractivity contribution in [3.8, 4) is 0 Å². The first-order chi connectivity index (χ1) is 15.3. The van der Waals surface area contributed by atoms with Gasteiger partial charge in [-0.15, -0.1) is 0 Å². The Balaban J connectivity index is 1.93. The zero-order valence-electron chi connectivity index (χ0n) is 19.4. The number of benzene rings is 2. The molecule has 0 unspecified atom stereocenters. The summed E-state index contributed by atoms with van der Waals surface area (Å²) in [5, 5.41) is 4.02. The number of rotatable bonds is 6. The van der Waals surface area contributed by atoms with Gasteiger partial charge in [0.15, 0.2) is 0 Å². The first-order valence-corrected chi connectivity index (χ1v) is 11.9. The van der Waals surface area contributed by atoms with Gasteiger partial charge in [0.25, 0.3) is 0 Å². The van der Waals surface area contributed by atoms with Gasteiger partial charge in [0, 0.05) is 28.6 Å². The third kappa shape index (κ3) is 5.63. The summed E-state index contributed by atoms with van der Waals surface area (Å²) >= 11 is 0. The number of hydrogen-bond acceptors (Lipinski definition) is 7. The monoisotopic (exact) mass is 476 g/mol. The van der Waals surface area contributed by atoms with Gasteiger partial charge in [0.05, 0.1) is 12.0 Å². The minimum atomic E-state index is -4.05. The average Bonchev–Trinajstić information content (AvgIpc) is 3.07. The second kappa shape index (κ2) is 9.03. The molecule has 3 rings (SSSR count). The van der Waals surface area contributed by atoms with Crippen molar-refractivity contribution in [2.75, 3.05) is 12.4 Å². The molecule has 3 aromatic rings.